The van der Waals surface area contributed by atoms with E-state index in [1.807, 2.05) is 32.0 Å². The molecule has 3 amide bonds. The first-order valence-electron chi connectivity index (χ1n) is 12.9. The van der Waals surface area contributed by atoms with Crippen molar-refractivity contribution in [1.29, 1.82) is 0 Å². The first kappa shape index (κ1) is 30.1. The molecule has 0 bridgehead atoms. The molecule has 12 heteroatoms. The minimum atomic E-state index is -1.01. The Labute approximate surface area is 232 Å². The Morgan fingerprint density at radius 2 is 1.95 bits per heavy atom. The molecular weight excluding hydrogens is 516 g/mol. The lowest BCUT2D eigenvalue weighted by Crippen LogP contribution is -2.44. The summed E-state index contributed by atoms with van der Waals surface area (Å²) in [6.07, 6.45) is 3.58. The highest BCUT2D eigenvalue weighted by Crippen LogP contribution is 2.27. The molecule has 214 valence electrons. The predicted octanol–water partition coefficient (Wildman–Crippen LogP) is 2.55. The van der Waals surface area contributed by atoms with E-state index in [1.165, 1.54) is 28.7 Å². The van der Waals surface area contributed by atoms with Crippen molar-refractivity contribution in [2.75, 3.05) is 26.5 Å². The summed E-state index contributed by atoms with van der Waals surface area (Å²) in [6, 6.07) is 7.56. The van der Waals surface area contributed by atoms with Gasteiger partial charge in [0, 0.05) is 25.9 Å². The number of carbonyl (C=O) groups is 3. The van der Waals surface area contributed by atoms with Gasteiger partial charge in [-0.25, -0.2) is 9.78 Å². The maximum Gasteiger partial charge on any atom is 0.407 e. The minimum Gasteiger partial charge on any atom is -0.453 e. The Hall–Kier alpha value is -4.45. The number of aromatic amines is 1. The monoisotopic (exact) mass is 552 g/mol. The molecule has 0 radical (unpaired) electrons. The molecule has 0 aliphatic rings. The first-order valence-corrected chi connectivity index (χ1v) is 12.9. The molecule has 2 atom stereocenters. The van der Waals surface area contributed by atoms with Gasteiger partial charge >= 0.3 is 6.09 Å². The molecule has 2 aromatic heterocycles. The summed E-state index contributed by atoms with van der Waals surface area (Å²) in [5, 5.41) is 15.6. The lowest BCUT2D eigenvalue weighted by Gasteiger charge is -2.17. The summed E-state index contributed by atoms with van der Waals surface area (Å²) in [5.41, 5.74) is 1.66. The number of hydrogen-bond donors (Lipinski definition) is 4. The fraction of sp³-hybridized carbons (Fsp3) is 0.393. The molecule has 3 aromatic rings. The molecule has 0 saturated heterocycles. The summed E-state index contributed by atoms with van der Waals surface area (Å²) in [4.78, 5) is 59.0. The fourth-order valence-electron chi connectivity index (χ4n) is 3.99. The van der Waals surface area contributed by atoms with Crippen LogP contribution in [-0.2, 0) is 20.9 Å². The average molecular weight is 553 g/mol. The van der Waals surface area contributed by atoms with Crippen LogP contribution in [0, 0.1) is 5.92 Å². The number of hydrogen-bond acceptors (Lipinski definition) is 7. The van der Waals surface area contributed by atoms with Gasteiger partial charge in [0.25, 0.3) is 5.56 Å². The molecule has 12 nitrogen and oxygen atoms in total. The van der Waals surface area contributed by atoms with Crippen LogP contribution in [0.4, 0.5) is 10.5 Å². The van der Waals surface area contributed by atoms with Gasteiger partial charge < -0.3 is 34.9 Å². The zero-order valence-corrected chi connectivity index (χ0v) is 23.3. The van der Waals surface area contributed by atoms with E-state index in [9.17, 15) is 24.3 Å². The van der Waals surface area contributed by atoms with E-state index in [0.29, 0.717) is 23.3 Å². The number of para-hydroxylation sites is 1. The van der Waals surface area contributed by atoms with Crippen molar-refractivity contribution < 1.29 is 24.2 Å². The van der Waals surface area contributed by atoms with Crippen LogP contribution in [0.2, 0.25) is 0 Å². The Bertz CT molecular complexity index is 1440. The van der Waals surface area contributed by atoms with E-state index >= 15 is 0 Å². The topological polar surface area (TPSA) is 159 Å². The number of carbonyl (C=O) groups excluding carboxylic acids is 3. The number of anilines is 1. The Balaban J connectivity index is 1.77. The predicted molar refractivity (Wildman–Crippen MR) is 151 cm³/mol. The number of fused-ring (bicyclic) bond motifs is 1. The highest BCUT2D eigenvalue weighted by molar-refractivity contribution is 5.96. The van der Waals surface area contributed by atoms with Crippen molar-refractivity contribution in [3.8, 4) is 0 Å². The van der Waals surface area contributed by atoms with Crippen molar-refractivity contribution >= 4 is 34.6 Å². The number of alkyl carbamates (subject to hydrolysis) is 1. The van der Waals surface area contributed by atoms with E-state index in [-0.39, 0.29) is 30.5 Å². The number of allylic oxidation sites excluding steroid dienone is 1. The number of amides is 3. The summed E-state index contributed by atoms with van der Waals surface area (Å²) >= 11 is 0. The highest BCUT2D eigenvalue weighted by atomic mass is 16.5. The number of aromatic nitrogens is 3. The van der Waals surface area contributed by atoms with Crippen molar-refractivity contribution in [3.63, 3.8) is 0 Å². The second-order valence-electron chi connectivity index (χ2n) is 9.86. The smallest absolute Gasteiger partial charge is 0.407 e. The number of nitrogens with zero attached hydrogens (tertiary/aromatic N) is 3. The molecule has 2 heterocycles. The largest absolute Gasteiger partial charge is 0.453 e. The molecule has 0 fully saturated rings. The summed E-state index contributed by atoms with van der Waals surface area (Å²) < 4.78 is 6.02. The summed E-state index contributed by atoms with van der Waals surface area (Å²) in [6.45, 7) is 3.95. The quantitative estimate of drug-likeness (QED) is 0.266. The lowest BCUT2D eigenvalue weighted by molar-refractivity contribution is -0.123. The third-order valence-electron chi connectivity index (χ3n) is 6.26. The summed E-state index contributed by atoms with van der Waals surface area (Å²) in [5.74, 6) is -0.297. The number of aliphatic hydroxyl groups excluding tert-OH is 1. The number of nitrogens with one attached hydrogen (secondary N) is 3. The fourth-order valence-corrected chi connectivity index (χ4v) is 3.99. The van der Waals surface area contributed by atoms with E-state index in [0.717, 1.165) is 5.56 Å². The molecule has 0 saturated carbocycles. The van der Waals surface area contributed by atoms with Crippen LogP contribution in [0.5, 0.6) is 0 Å². The lowest BCUT2D eigenvalue weighted by atomic mass is 9.98. The normalized spacial score (nSPS) is 12.9. The van der Waals surface area contributed by atoms with Crippen LogP contribution in [0.25, 0.3) is 11.0 Å². The van der Waals surface area contributed by atoms with Gasteiger partial charge in [-0.15, -0.1) is 0 Å². The van der Waals surface area contributed by atoms with E-state index in [1.54, 1.807) is 32.4 Å². The Morgan fingerprint density at radius 3 is 2.62 bits per heavy atom. The number of pyridine rings is 1. The van der Waals surface area contributed by atoms with Crippen molar-refractivity contribution in [2.45, 2.75) is 45.4 Å². The minimum absolute atomic E-state index is 0.00863. The second kappa shape index (κ2) is 13.6. The van der Waals surface area contributed by atoms with Crippen LogP contribution in [-0.4, -0.2) is 69.7 Å². The van der Waals surface area contributed by atoms with Gasteiger partial charge in [0.05, 0.1) is 30.8 Å². The van der Waals surface area contributed by atoms with Crippen LogP contribution in [0.1, 0.15) is 44.2 Å². The number of H-pyrrole nitrogens is 1. The number of methoxy groups -OCH3 is 1. The van der Waals surface area contributed by atoms with Crippen LogP contribution in [0.15, 0.2) is 53.5 Å². The second-order valence-corrected chi connectivity index (χ2v) is 9.86. The third-order valence-corrected chi connectivity index (χ3v) is 6.26. The number of rotatable bonds is 11. The van der Waals surface area contributed by atoms with Gasteiger partial charge in [0.1, 0.15) is 17.6 Å². The van der Waals surface area contributed by atoms with E-state index in [4.69, 9.17) is 0 Å². The molecule has 4 N–H and O–H groups in total. The number of imidazole rings is 1. The molecule has 3 rings (SSSR count). The zero-order chi connectivity index (χ0) is 29.4. The van der Waals surface area contributed by atoms with Crippen LogP contribution < -0.4 is 16.2 Å². The van der Waals surface area contributed by atoms with Gasteiger partial charge in [0.15, 0.2) is 0 Å². The Morgan fingerprint density at radius 1 is 1.20 bits per heavy atom. The van der Waals surface area contributed by atoms with Crippen molar-refractivity contribution in [3.05, 3.63) is 70.4 Å². The van der Waals surface area contributed by atoms with Gasteiger partial charge in [-0.1, -0.05) is 32.1 Å². The van der Waals surface area contributed by atoms with Gasteiger partial charge in [-0.05, 0) is 43.0 Å². The molecule has 0 aliphatic heterocycles. The molecular formula is C28H36N6O6. The molecule has 1 unspecified atom stereocenters. The molecule has 0 aliphatic carbocycles. The molecule has 40 heavy (non-hydrogen) atoms. The molecule has 0 spiro atoms. The van der Waals surface area contributed by atoms with Crippen LogP contribution in [0.3, 0.4) is 0 Å². The maximum atomic E-state index is 13.2. The number of ether oxygens (including phenoxy) is 1. The van der Waals surface area contributed by atoms with Gasteiger partial charge in [0.2, 0.25) is 11.8 Å². The van der Waals surface area contributed by atoms with Crippen LogP contribution >= 0.6 is 0 Å². The standard InChI is InChI=1S/C28H36N6O6/c1-17(2)25(36)18-10-8-12-19-24(18)32-22(29-19)16-34-15-9-13-21(27(34)38)30-26(37)20(31-28(39)40-5)11-6-7-14-23(35)33(3)4/h7-10,12-15,17,20,25,36H,6,11,16H2,1-5H3,(H,29,32)(H,30,37)(H,31,39)/b14-7+/t20-,25?/m0/s1. The van der Waals surface area contributed by atoms with Crippen molar-refractivity contribution in [2.24, 2.45) is 5.92 Å². The first-order chi connectivity index (χ1) is 19.0. The average Bonchev–Trinajstić information content (AvgIpc) is 3.34. The van der Waals surface area contributed by atoms with E-state index in [2.05, 4.69) is 25.3 Å². The molecule has 1 aromatic carbocycles. The van der Waals surface area contributed by atoms with E-state index < -0.39 is 29.7 Å². The summed E-state index contributed by atoms with van der Waals surface area (Å²) in [7, 11) is 4.43. The SMILES string of the molecule is COC(=O)N[C@@H](CC/C=C/C(=O)N(C)C)C(=O)Nc1cccn(Cc2nc3cccc(C(O)C(C)C)c3[nH]2)c1=O. The zero-order valence-electron chi connectivity index (χ0n) is 23.3. The maximum absolute atomic E-state index is 13.2. The number of aliphatic hydroxyl groups is 1. The number of likely N-dealkylation sites (N-methyl/N-ethyl adjacent to an activating group) is 1. The van der Waals surface area contributed by atoms with Crippen molar-refractivity contribution in [1.82, 2.24) is 24.8 Å². The number of benzene rings is 1. The van der Waals surface area contributed by atoms with Gasteiger partial charge in [-0.3, -0.25) is 14.4 Å². The Kier molecular flexibility index (Phi) is 10.2. The van der Waals surface area contributed by atoms with Gasteiger partial charge in [-0.2, -0.15) is 0 Å². The highest BCUT2D eigenvalue weighted by Gasteiger charge is 2.22. The third kappa shape index (κ3) is 7.56.